The quantitative estimate of drug-likeness (QED) is 0.786. The van der Waals surface area contributed by atoms with Crippen LogP contribution in [0.5, 0.6) is 5.75 Å². The van der Waals surface area contributed by atoms with Crippen LogP contribution >= 0.6 is 0 Å². The molecular formula is C19H28N2O2. The summed E-state index contributed by atoms with van der Waals surface area (Å²) < 4.78 is 5.17. The lowest BCUT2D eigenvalue weighted by molar-refractivity contribution is -0.116. The number of methoxy groups -OCH3 is 1. The summed E-state index contributed by atoms with van der Waals surface area (Å²) in [6.07, 6.45) is 7.37. The summed E-state index contributed by atoms with van der Waals surface area (Å²) in [6.45, 7) is 6.39. The van der Waals surface area contributed by atoms with Gasteiger partial charge in [-0.1, -0.05) is 25.5 Å². The van der Waals surface area contributed by atoms with Crippen molar-refractivity contribution in [1.82, 2.24) is 10.2 Å². The molecule has 1 fully saturated rings. The second-order valence-electron chi connectivity index (χ2n) is 6.32. The Morgan fingerprint density at radius 1 is 1.35 bits per heavy atom. The van der Waals surface area contributed by atoms with E-state index < -0.39 is 0 Å². The lowest BCUT2D eigenvalue weighted by atomic mass is 10.1. The molecule has 2 rings (SSSR count). The Balaban J connectivity index is 1.72. The molecule has 1 aromatic carbocycles. The topological polar surface area (TPSA) is 41.6 Å². The standard InChI is InChI=1S/C19H28N2O2/c1-16(15-21-11-4-3-5-12-21)14-20-19(22)10-9-17-7-6-8-18(13-17)23-2/h6-10,13,16H,3-5,11-12,14-15H2,1-2H3,(H,20,22). The number of hydrogen-bond acceptors (Lipinski definition) is 3. The third kappa shape index (κ3) is 6.45. The Bertz CT molecular complexity index is 522. The van der Waals surface area contributed by atoms with Crippen LogP contribution in [0.25, 0.3) is 6.08 Å². The first-order valence-electron chi connectivity index (χ1n) is 8.49. The van der Waals surface area contributed by atoms with Crippen molar-refractivity contribution in [2.75, 3.05) is 33.3 Å². The molecule has 0 bridgehead atoms. The van der Waals surface area contributed by atoms with E-state index in [4.69, 9.17) is 4.74 Å². The number of nitrogens with zero attached hydrogens (tertiary/aromatic N) is 1. The molecule has 1 aliphatic rings. The van der Waals surface area contributed by atoms with Crippen molar-refractivity contribution in [1.29, 1.82) is 0 Å². The first-order chi connectivity index (χ1) is 11.2. The highest BCUT2D eigenvalue weighted by molar-refractivity contribution is 5.91. The van der Waals surface area contributed by atoms with Crippen molar-refractivity contribution in [2.45, 2.75) is 26.2 Å². The molecule has 0 aliphatic carbocycles. The SMILES string of the molecule is COc1cccc(C=CC(=O)NCC(C)CN2CCCCC2)c1. The van der Waals surface area contributed by atoms with E-state index in [1.807, 2.05) is 30.3 Å². The van der Waals surface area contributed by atoms with Gasteiger partial charge in [0.25, 0.3) is 0 Å². The van der Waals surface area contributed by atoms with Crippen LogP contribution in [-0.2, 0) is 4.79 Å². The fourth-order valence-corrected chi connectivity index (χ4v) is 2.90. The minimum atomic E-state index is -0.0432. The summed E-state index contributed by atoms with van der Waals surface area (Å²) in [6, 6.07) is 7.66. The van der Waals surface area contributed by atoms with Gasteiger partial charge in [-0.3, -0.25) is 4.79 Å². The van der Waals surface area contributed by atoms with Crippen molar-refractivity contribution >= 4 is 12.0 Å². The molecule has 0 radical (unpaired) electrons. The van der Waals surface area contributed by atoms with E-state index in [0.29, 0.717) is 5.92 Å². The van der Waals surface area contributed by atoms with Gasteiger partial charge in [-0.25, -0.2) is 0 Å². The molecule has 1 aliphatic heterocycles. The lowest BCUT2D eigenvalue weighted by Gasteiger charge is -2.29. The van der Waals surface area contributed by atoms with Crippen LogP contribution in [-0.4, -0.2) is 44.1 Å². The number of carbonyl (C=O) groups excluding carboxylic acids is 1. The number of benzene rings is 1. The Hall–Kier alpha value is -1.81. The van der Waals surface area contributed by atoms with Gasteiger partial charge in [0, 0.05) is 19.2 Å². The van der Waals surface area contributed by atoms with E-state index >= 15 is 0 Å². The number of hydrogen-bond donors (Lipinski definition) is 1. The van der Waals surface area contributed by atoms with E-state index in [2.05, 4.69) is 17.1 Å². The van der Waals surface area contributed by atoms with Gasteiger partial charge in [-0.2, -0.15) is 0 Å². The number of carbonyl (C=O) groups is 1. The summed E-state index contributed by atoms with van der Waals surface area (Å²) in [5.74, 6) is 1.23. The fraction of sp³-hybridized carbons (Fsp3) is 0.526. The number of likely N-dealkylation sites (tertiary alicyclic amines) is 1. The molecule has 4 heteroatoms. The average molecular weight is 316 g/mol. The summed E-state index contributed by atoms with van der Waals surface area (Å²) >= 11 is 0. The largest absolute Gasteiger partial charge is 0.497 e. The van der Waals surface area contributed by atoms with Crippen molar-refractivity contribution in [2.24, 2.45) is 5.92 Å². The van der Waals surface area contributed by atoms with Gasteiger partial charge in [0.1, 0.15) is 5.75 Å². The Labute approximate surface area is 139 Å². The number of nitrogens with one attached hydrogen (secondary N) is 1. The van der Waals surface area contributed by atoms with E-state index in [9.17, 15) is 4.79 Å². The van der Waals surface area contributed by atoms with E-state index in [0.717, 1.165) is 24.4 Å². The third-order valence-electron chi connectivity index (χ3n) is 4.16. The number of amides is 1. The summed E-state index contributed by atoms with van der Waals surface area (Å²) in [7, 11) is 1.64. The minimum absolute atomic E-state index is 0.0432. The number of rotatable bonds is 7. The zero-order valence-corrected chi connectivity index (χ0v) is 14.3. The smallest absolute Gasteiger partial charge is 0.244 e. The third-order valence-corrected chi connectivity index (χ3v) is 4.16. The summed E-state index contributed by atoms with van der Waals surface area (Å²) in [5, 5.41) is 2.99. The Morgan fingerprint density at radius 3 is 2.87 bits per heavy atom. The van der Waals surface area contributed by atoms with Crippen LogP contribution in [0, 0.1) is 5.92 Å². The Kier molecular flexibility index (Phi) is 7.14. The predicted octanol–water partition coefficient (Wildman–Crippen LogP) is 2.95. The zero-order chi connectivity index (χ0) is 16.5. The van der Waals surface area contributed by atoms with E-state index in [-0.39, 0.29) is 5.91 Å². The van der Waals surface area contributed by atoms with Crippen LogP contribution in [0.15, 0.2) is 30.3 Å². The van der Waals surface area contributed by atoms with Crippen LogP contribution < -0.4 is 10.1 Å². The molecule has 23 heavy (non-hydrogen) atoms. The highest BCUT2D eigenvalue weighted by atomic mass is 16.5. The van der Waals surface area contributed by atoms with Crippen LogP contribution in [0.1, 0.15) is 31.7 Å². The molecule has 1 atom stereocenters. The molecule has 1 unspecified atom stereocenters. The summed E-state index contributed by atoms with van der Waals surface area (Å²) in [5.41, 5.74) is 0.959. The lowest BCUT2D eigenvalue weighted by Crippen LogP contribution is -2.37. The van der Waals surface area contributed by atoms with Gasteiger partial charge < -0.3 is 15.0 Å². The monoisotopic (exact) mass is 316 g/mol. The molecule has 0 aromatic heterocycles. The molecule has 0 saturated carbocycles. The fourth-order valence-electron chi connectivity index (χ4n) is 2.90. The number of piperidine rings is 1. The second-order valence-corrected chi connectivity index (χ2v) is 6.32. The normalized spacial score (nSPS) is 17.1. The molecule has 1 heterocycles. The molecule has 126 valence electrons. The van der Waals surface area contributed by atoms with Crippen LogP contribution in [0.3, 0.4) is 0 Å². The maximum atomic E-state index is 11.9. The molecular weight excluding hydrogens is 288 g/mol. The van der Waals surface area contributed by atoms with Crippen molar-refractivity contribution in [3.8, 4) is 5.75 Å². The average Bonchev–Trinajstić information content (AvgIpc) is 2.59. The maximum Gasteiger partial charge on any atom is 0.244 e. The molecule has 1 aromatic rings. The van der Waals surface area contributed by atoms with Gasteiger partial charge in [0.05, 0.1) is 7.11 Å². The van der Waals surface area contributed by atoms with Crippen LogP contribution in [0.2, 0.25) is 0 Å². The number of ether oxygens (including phenoxy) is 1. The minimum Gasteiger partial charge on any atom is -0.497 e. The van der Waals surface area contributed by atoms with Crippen molar-refractivity contribution in [3.63, 3.8) is 0 Å². The predicted molar refractivity (Wildman–Crippen MR) is 94.5 cm³/mol. The highest BCUT2D eigenvalue weighted by Gasteiger charge is 2.13. The second kappa shape index (κ2) is 9.36. The van der Waals surface area contributed by atoms with E-state index in [1.54, 1.807) is 13.2 Å². The molecule has 1 amide bonds. The van der Waals surface area contributed by atoms with E-state index in [1.165, 1.54) is 32.4 Å². The first-order valence-corrected chi connectivity index (χ1v) is 8.49. The van der Waals surface area contributed by atoms with Gasteiger partial charge in [-0.15, -0.1) is 0 Å². The Morgan fingerprint density at radius 2 is 2.13 bits per heavy atom. The van der Waals surface area contributed by atoms with Crippen LogP contribution in [0.4, 0.5) is 0 Å². The van der Waals surface area contributed by atoms with Crippen molar-refractivity contribution < 1.29 is 9.53 Å². The molecule has 1 N–H and O–H groups in total. The summed E-state index contributed by atoms with van der Waals surface area (Å²) in [4.78, 5) is 14.4. The zero-order valence-electron chi connectivity index (χ0n) is 14.3. The maximum absolute atomic E-state index is 11.9. The van der Waals surface area contributed by atoms with Crippen molar-refractivity contribution in [3.05, 3.63) is 35.9 Å². The first kappa shape index (κ1) is 17.5. The van der Waals surface area contributed by atoms with Gasteiger partial charge >= 0.3 is 0 Å². The molecule has 1 saturated heterocycles. The van der Waals surface area contributed by atoms with Gasteiger partial charge in [0.15, 0.2) is 0 Å². The molecule has 4 nitrogen and oxygen atoms in total. The highest BCUT2D eigenvalue weighted by Crippen LogP contribution is 2.13. The molecule has 0 spiro atoms. The van der Waals surface area contributed by atoms with Gasteiger partial charge in [0.2, 0.25) is 5.91 Å². The van der Waals surface area contributed by atoms with Gasteiger partial charge in [-0.05, 0) is 55.6 Å².